The molecule has 1 aliphatic heterocycles. The molecule has 7 heteroatoms. The molecule has 0 radical (unpaired) electrons. The lowest BCUT2D eigenvalue weighted by atomic mass is 10.2. The topological polar surface area (TPSA) is 80.1 Å². The fourth-order valence-electron chi connectivity index (χ4n) is 2.04. The van der Waals surface area contributed by atoms with Gasteiger partial charge in [0.25, 0.3) is 0 Å². The van der Waals surface area contributed by atoms with Crippen LogP contribution < -0.4 is 5.32 Å². The molecule has 1 aromatic rings. The third-order valence-corrected chi connectivity index (χ3v) is 3.08. The maximum absolute atomic E-state index is 11.9. The van der Waals surface area contributed by atoms with E-state index in [0.29, 0.717) is 19.5 Å². The Hall–Kier alpha value is -1.92. The Balaban J connectivity index is 2.15. The van der Waals surface area contributed by atoms with Crippen LogP contribution in [0, 0.1) is 0 Å². The van der Waals surface area contributed by atoms with E-state index < -0.39 is 0 Å². The molecule has 1 saturated heterocycles. The predicted molar refractivity (Wildman–Crippen MR) is 63.3 cm³/mol. The summed E-state index contributed by atoms with van der Waals surface area (Å²) in [5.41, 5.74) is 0. The van der Waals surface area contributed by atoms with E-state index in [4.69, 9.17) is 0 Å². The number of aryl methyl sites for hydroxylation is 1. The van der Waals surface area contributed by atoms with Crippen molar-refractivity contribution in [3.8, 4) is 0 Å². The van der Waals surface area contributed by atoms with Crippen molar-refractivity contribution in [1.29, 1.82) is 0 Å². The first-order chi connectivity index (χ1) is 8.61. The molecule has 0 aromatic carbocycles. The second-order valence-corrected chi connectivity index (χ2v) is 4.34. The summed E-state index contributed by atoms with van der Waals surface area (Å²) >= 11 is 0. The number of aromatic nitrogens is 3. The number of rotatable bonds is 3. The van der Waals surface area contributed by atoms with E-state index in [1.165, 1.54) is 6.33 Å². The molecule has 1 aromatic heterocycles. The van der Waals surface area contributed by atoms with Crippen LogP contribution in [0.2, 0.25) is 0 Å². The molecule has 7 nitrogen and oxygen atoms in total. The highest BCUT2D eigenvalue weighted by Gasteiger charge is 2.27. The monoisotopic (exact) mass is 251 g/mol. The highest BCUT2D eigenvalue weighted by molar-refractivity contribution is 5.87. The van der Waals surface area contributed by atoms with Crippen LogP contribution in [-0.2, 0) is 22.7 Å². The molecule has 1 atom stereocenters. The van der Waals surface area contributed by atoms with Gasteiger partial charge in [-0.25, -0.2) is 9.67 Å². The summed E-state index contributed by atoms with van der Waals surface area (Å²) in [4.78, 5) is 29.2. The molecule has 98 valence electrons. The number of hydrogen-bond donors (Lipinski definition) is 1. The van der Waals surface area contributed by atoms with E-state index in [1.54, 1.807) is 9.58 Å². The van der Waals surface area contributed by atoms with Crippen molar-refractivity contribution in [2.45, 2.75) is 39.4 Å². The minimum atomic E-state index is -0.123. The van der Waals surface area contributed by atoms with Crippen molar-refractivity contribution < 1.29 is 9.59 Å². The summed E-state index contributed by atoms with van der Waals surface area (Å²) in [6, 6.07) is -0.123. The number of amides is 2. The molecule has 0 aliphatic carbocycles. The molecule has 1 aliphatic rings. The Bertz CT molecular complexity index is 456. The molecule has 0 spiro atoms. The van der Waals surface area contributed by atoms with Crippen molar-refractivity contribution in [3.05, 3.63) is 12.2 Å². The van der Waals surface area contributed by atoms with Gasteiger partial charge in [-0.2, -0.15) is 5.10 Å². The summed E-state index contributed by atoms with van der Waals surface area (Å²) in [6.07, 6.45) is 1.81. The highest BCUT2D eigenvalue weighted by Crippen LogP contribution is 2.11. The fraction of sp³-hybridized carbons (Fsp3) is 0.636. The Morgan fingerprint density at radius 3 is 3.00 bits per heavy atom. The summed E-state index contributed by atoms with van der Waals surface area (Å²) in [5, 5.41) is 6.66. The second kappa shape index (κ2) is 5.16. The molecule has 1 unspecified atom stereocenters. The highest BCUT2D eigenvalue weighted by atomic mass is 16.2. The number of carbonyl (C=O) groups excluding carboxylic acids is 2. The minimum Gasteiger partial charge on any atom is -0.347 e. The summed E-state index contributed by atoms with van der Waals surface area (Å²) in [6.45, 7) is 5.00. The van der Waals surface area contributed by atoms with Crippen LogP contribution in [0.15, 0.2) is 6.33 Å². The Kier molecular flexibility index (Phi) is 3.59. The lowest BCUT2D eigenvalue weighted by Gasteiger charge is -2.25. The molecule has 1 N–H and O–H groups in total. The predicted octanol–water partition coefficient (Wildman–Crippen LogP) is -0.465. The van der Waals surface area contributed by atoms with Gasteiger partial charge in [0.05, 0.1) is 13.1 Å². The van der Waals surface area contributed by atoms with Gasteiger partial charge in [-0.3, -0.25) is 9.59 Å². The molecule has 18 heavy (non-hydrogen) atoms. The van der Waals surface area contributed by atoms with E-state index in [2.05, 4.69) is 15.4 Å². The van der Waals surface area contributed by atoms with Gasteiger partial charge >= 0.3 is 0 Å². The van der Waals surface area contributed by atoms with Gasteiger partial charge in [0.1, 0.15) is 12.2 Å². The zero-order chi connectivity index (χ0) is 13.1. The molecular formula is C11H17N5O2. The Morgan fingerprint density at radius 2 is 2.28 bits per heavy atom. The van der Waals surface area contributed by atoms with E-state index in [1.807, 2.05) is 13.8 Å². The smallest absolute Gasteiger partial charge is 0.242 e. The van der Waals surface area contributed by atoms with Crippen molar-refractivity contribution in [2.75, 3.05) is 6.54 Å². The maximum atomic E-state index is 11.9. The lowest BCUT2D eigenvalue weighted by Crippen LogP contribution is -2.39. The van der Waals surface area contributed by atoms with Crippen LogP contribution in [0.25, 0.3) is 0 Å². The van der Waals surface area contributed by atoms with Crippen LogP contribution >= 0.6 is 0 Å². The van der Waals surface area contributed by atoms with Crippen LogP contribution in [0.4, 0.5) is 0 Å². The summed E-state index contributed by atoms with van der Waals surface area (Å²) < 4.78 is 1.75. The molecule has 1 fully saturated rings. The van der Waals surface area contributed by atoms with Crippen LogP contribution in [0.3, 0.4) is 0 Å². The van der Waals surface area contributed by atoms with Gasteiger partial charge < -0.3 is 10.2 Å². The molecule has 2 rings (SSSR count). The third-order valence-electron chi connectivity index (χ3n) is 3.08. The average molecular weight is 251 g/mol. The van der Waals surface area contributed by atoms with Crippen molar-refractivity contribution in [3.63, 3.8) is 0 Å². The largest absolute Gasteiger partial charge is 0.347 e. The van der Waals surface area contributed by atoms with Gasteiger partial charge in [0, 0.05) is 19.0 Å². The number of nitrogens with zero attached hydrogens (tertiary/aromatic N) is 4. The van der Waals surface area contributed by atoms with Gasteiger partial charge in [0.15, 0.2) is 0 Å². The van der Waals surface area contributed by atoms with Crippen LogP contribution in [0.5, 0.6) is 0 Å². The molecule has 0 saturated carbocycles. The van der Waals surface area contributed by atoms with Crippen molar-refractivity contribution in [2.24, 2.45) is 0 Å². The van der Waals surface area contributed by atoms with E-state index in [-0.39, 0.29) is 24.4 Å². The van der Waals surface area contributed by atoms with Crippen molar-refractivity contribution >= 4 is 11.8 Å². The van der Waals surface area contributed by atoms with Gasteiger partial charge in [-0.05, 0) is 13.8 Å². The van der Waals surface area contributed by atoms with Crippen LogP contribution in [-0.4, -0.2) is 44.1 Å². The molecule has 0 bridgehead atoms. The fourth-order valence-corrected chi connectivity index (χ4v) is 2.04. The van der Waals surface area contributed by atoms with E-state index in [0.717, 1.165) is 5.82 Å². The quantitative estimate of drug-likeness (QED) is 0.788. The molecule has 2 heterocycles. The first-order valence-electron chi connectivity index (χ1n) is 6.04. The third kappa shape index (κ3) is 2.49. The summed E-state index contributed by atoms with van der Waals surface area (Å²) in [5.74, 6) is 0.571. The zero-order valence-electron chi connectivity index (χ0n) is 10.6. The first kappa shape index (κ1) is 12.5. The lowest BCUT2D eigenvalue weighted by molar-refractivity contribution is -0.132. The SMILES string of the molecule is CCn1ncnc1CN1C(=O)CNC(=O)CC1C. The van der Waals surface area contributed by atoms with Crippen LogP contribution in [0.1, 0.15) is 26.1 Å². The van der Waals surface area contributed by atoms with Gasteiger partial charge in [-0.1, -0.05) is 0 Å². The second-order valence-electron chi connectivity index (χ2n) is 4.34. The van der Waals surface area contributed by atoms with Gasteiger partial charge in [0.2, 0.25) is 11.8 Å². The first-order valence-corrected chi connectivity index (χ1v) is 6.04. The van der Waals surface area contributed by atoms with E-state index in [9.17, 15) is 9.59 Å². The Labute approximate surface area is 105 Å². The number of nitrogens with one attached hydrogen (secondary N) is 1. The standard InChI is InChI=1S/C11H17N5O2/c1-3-16-9(13-7-14-16)6-15-8(2)4-10(17)12-5-11(15)18/h7-8H,3-6H2,1-2H3,(H,12,17). The minimum absolute atomic E-state index is 0.0590. The summed E-state index contributed by atoms with van der Waals surface area (Å²) in [7, 11) is 0. The zero-order valence-corrected chi connectivity index (χ0v) is 10.6. The number of hydrogen-bond acceptors (Lipinski definition) is 4. The normalized spacial score (nSPS) is 20.8. The Morgan fingerprint density at radius 1 is 1.50 bits per heavy atom. The van der Waals surface area contributed by atoms with Crippen molar-refractivity contribution in [1.82, 2.24) is 25.0 Å². The molecule has 2 amide bonds. The van der Waals surface area contributed by atoms with E-state index >= 15 is 0 Å². The number of carbonyl (C=O) groups is 2. The van der Waals surface area contributed by atoms with Gasteiger partial charge in [-0.15, -0.1) is 0 Å². The average Bonchev–Trinajstić information content (AvgIpc) is 2.75. The maximum Gasteiger partial charge on any atom is 0.242 e. The molecular weight excluding hydrogens is 234 g/mol.